The van der Waals surface area contributed by atoms with Crippen molar-refractivity contribution in [1.82, 2.24) is 10.9 Å². The number of non-ortho nitro benzene ring substituents is 1. The molecule has 0 aliphatic carbocycles. The molecule has 142 valence electrons. The number of carbonyl (C=O) groups excluding carboxylic acids is 2. The normalized spacial score (nSPS) is 10.3. The lowest BCUT2D eigenvalue weighted by Gasteiger charge is -2.06. The average Bonchev–Trinajstić information content (AvgIpc) is 3.17. The number of halogens is 1. The van der Waals surface area contributed by atoms with Crippen molar-refractivity contribution in [2.45, 2.75) is 6.42 Å². The van der Waals surface area contributed by atoms with Crippen molar-refractivity contribution in [3.8, 4) is 10.4 Å². The van der Waals surface area contributed by atoms with Crippen LogP contribution in [0.4, 0.5) is 10.1 Å². The molecule has 1 aromatic heterocycles. The van der Waals surface area contributed by atoms with Crippen LogP contribution >= 0.6 is 11.3 Å². The van der Waals surface area contributed by atoms with Gasteiger partial charge in [0.25, 0.3) is 11.6 Å². The predicted octanol–water partition coefficient (Wildman–Crippen LogP) is 3.47. The van der Waals surface area contributed by atoms with Gasteiger partial charge in [0.2, 0.25) is 5.91 Å². The molecule has 2 aromatic carbocycles. The fourth-order valence-corrected chi connectivity index (χ4v) is 3.29. The van der Waals surface area contributed by atoms with Crippen LogP contribution in [0.5, 0.6) is 0 Å². The second kappa shape index (κ2) is 8.40. The third kappa shape index (κ3) is 4.77. The number of rotatable bonds is 5. The highest BCUT2D eigenvalue weighted by molar-refractivity contribution is 7.17. The molecule has 0 fully saturated rings. The molecule has 7 nitrogen and oxygen atoms in total. The molecule has 2 N–H and O–H groups in total. The van der Waals surface area contributed by atoms with E-state index in [1.165, 1.54) is 47.7 Å². The van der Waals surface area contributed by atoms with E-state index in [-0.39, 0.29) is 17.9 Å². The van der Waals surface area contributed by atoms with Crippen molar-refractivity contribution in [2.24, 2.45) is 0 Å². The zero-order valence-electron chi connectivity index (χ0n) is 14.3. The lowest BCUT2D eigenvalue weighted by Crippen LogP contribution is -2.42. The third-order valence-electron chi connectivity index (χ3n) is 3.79. The second-order valence-electron chi connectivity index (χ2n) is 5.77. The summed E-state index contributed by atoms with van der Waals surface area (Å²) < 4.78 is 13.0. The molecule has 1 heterocycles. The van der Waals surface area contributed by atoms with Crippen molar-refractivity contribution in [3.05, 3.63) is 87.0 Å². The predicted molar refractivity (Wildman–Crippen MR) is 102 cm³/mol. The van der Waals surface area contributed by atoms with Crippen LogP contribution in [0, 0.1) is 15.9 Å². The fraction of sp³-hybridized carbons (Fsp3) is 0.0526. The second-order valence-corrected chi connectivity index (χ2v) is 6.86. The van der Waals surface area contributed by atoms with E-state index < -0.39 is 16.7 Å². The molecule has 0 saturated heterocycles. The van der Waals surface area contributed by atoms with Gasteiger partial charge in [0, 0.05) is 17.0 Å². The van der Waals surface area contributed by atoms with Crippen LogP contribution in [0.3, 0.4) is 0 Å². The standard InChI is InChI=1S/C19H14FN3O4S/c20-14-5-3-13(4-6-14)16-9-10-17(28-16)19(25)22-21-18(24)11-12-1-7-15(8-2-12)23(26)27/h1-10H,11H2,(H,21,24)(H,22,25). The van der Waals surface area contributed by atoms with Crippen LogP contribution in [0.15, 0.2) is 60.7 Å². The van der Waals surface area contributed by atoms with Gasteiger partial charge in [-0.1, -0.05) is 24.3 Å². The van der Waals surface area contributed by atoms with Gasteiger partial charge in [-0.15, -0.1) is 11.3 Å². The highest BCUT2D eigenvalue weighted by Crippen LogP contribution is 2.28. The number of hydrogen-bond donors (Lipinski definition) is 2. The first-order chi connectivity index (χ1) is 13.4. The summed E-state index contributed by atoms with van der Waals surface area (Å²) in [5.74, 6) is -1.28. The summed E-state index contributed by atoms with van der Waals surface area (Å²) in [6.45, 7) is 0. The number of nitrogens with zero attached hydrogens (tertiary/aromatic N) is 1. The molecule has 0 saturated carbocycles. The Morgan fingerprint density at radius 2 is 1.64 bits per heavy atom. The van der Waals surface area contributed by atoms with Gasteiger partial charge in [0.15, 0.2) is 0 Å². The molecule has 0 radical (unpaired) electrons. The molecule has 3 rings (SSSR count). The minimum atomic E-state index is -0.523. The third-order valence-corrected chi connectivity index (χ3v) is 4.92. The lowest BCUT2D eigenvalue weighted by atomic mass is 10.1. The summed E-state index contributed by atoms with van der Waals surface area (Å²) in [6.07, 6.45) is -0.0382. The molecule has 9 heteroatoms. The molecule has 0 aliphatic rings. The minimum Gasteiger partial charge on any atom is -0.273 e. The number of hydrazine groups is 1. The number of hydrogen-bond acceptors (Lipinski definition) is 5. The number of nitro benzene ring substituents is 1. The van der Waals surface area contributed by atoms with Crippen LogP contribution in [0.1, 0.15) is 15.2 Å². The molecule has 28 heavy (non-hydrogen) atoms. The summed E-state index contributed by atoms with van der Waals surface area (Å²) in [5.41, 5.74) is 5.93. The smallest absolute Gasteiger partial charge is 0.273 e. The van der Waals surface area contributed by atoms with Gasteiger partial charge < -0.3 is 0 Å². The monoisotopic (exact) mass is 399 g/mol. The van der Waals surface area contributed by atoms with E-state index in [1.54, 1.807) is 24.3 Å². The first-order valence-electron chi connectivity index (χ1n) is 8.10. The van der Waals surface area contributed by atoms with E-state index in [2.05, 4.69) is 10.9 Å². The Morgan fingerprint density at radius 1 is 0.964 bits per heavy atom. The van der Waals surface area contributed by atoms with Crippen LogP contribution in [-0.4, -0.2) is 16.7 Å². The molecule has 0 spiro atoms. The maximum absolute atomic E-state index is 13.0. The Balaban J connectivity index is 1.54. The average molecular weight is 399 g/mol. The maximum atomic E-state index is 13.0. The van der Waals surface area contributed by atoms with Gasteiger partial charge in [-0.2, -0.15) is 0 Å². The SMILES string of the molecule is O=C(Cc1ccc([N+](=O)[O-])cc1)NNC(=O)c1ccc(-c2ccc(F)cc2)s1. The Hall–Kier alpha value is -3.59. The van der Waals surface area contributed by atoms with Crippen molar-refractivity contribution in [3.63, 3.8) is 0 Å². The Labute approximate surface area is 162 Å². The van der Waals surface area contributed by atoms with Crippen molar-refractivity contribution >= 4 is 28.8 Å². The minimum absolute atomic E-state index is 0.0382. The van der Waals surface area contributed by atoms with Crippen LogP contribution in [-0.2, 0) is 11.2 Å². The highest BCUT2D eigenvalue weighted by Gasteiger charge is 2.12. The molecule has 2 amide bonds. The number of benzene rings is 2. The van der Waals surface area contributed by atoms with Gasteiger partial charge in [0.05, 0.1) is 16.2 Å². The zero-order valence-corrected chi connectivity index (χ0v) is 15.2. The van der Waals surface area contributed by atoms with E-state index >= 15 is 0 Å². The van der Waals surface area contributed by atoms with Gasteiger partial charge in [-0.3, -0.25) is 30.6 Å². The van der Waals surface area contributed by atoms with Crippen molar-refractivity contribution in [1.29, 1.82) is 0 Å². The summed E-state index contributed by atoms with van der Waals surface area (Å²) in [5, 5.41) is 10.6. The zero-order chi connectivity index (χ0) is 20.1. The first-order valence-corrected chi connectivity index (χ1v) is 8.92. The lowest BCUT2D eigenvalue weighted by molar-refractivity contribution is -0.384. The molecular formula is C19H14FN3O4S. The quantitative estimate of drug-likeness (QED) is 0.507. The number of carbonyl (C=O) groups is 2. The summed E-state index contributed by atoms with van der Waals surface area (Å²) >= 11 is 1.21. The topological polar surface area (TPSA) is 101 Å². The number of amides is 2. The number of thiophene rings is 1. The maximum Gasteiger partial charge on any atom is 0.279 e. The highest BCUT2D eigenvalue weighted by atomic mass is 32.1. The van der Waals surface area contributed by atoms with Gasteiger partial charge in [0.1, 0.15) is 5.82 Å². The summed E-state index contributed by atoms with van der Waals surface area (Å²) in [7, 11) is 0. The van der Waals surface area contributed by atoms with Gasteiger partial charge in [-0.25, -0.2) is 4.39 Å². The molecule has 0 unspecified atom stereocenters. The van der Waals surface area contributed by atoms with Crippen molar-refractivity contribution in [2.75, 3.05) is 0 Å². The van der Waals surface area contributed by atoms with E-state index in [1.807, 2.05) is 0 Å². The van der Waals surface area contributed by atoms with Crippen LogP contribution in [0.25, 0.3) is 10.4 Å². The summed E-state index contributed by atoms with van der Waals surface area (Å²) in [4.78, 5) is 35.4. The Bertz CT molecular complexity index is 1020. The van der Waals surface area contributed by atoms with Crippen LogP contribution in [0.2, 0.25) is 0 Å². The number of nitro groups is 1. The molecule has 0 aliphatic heterocycles. The van der Waals surface area contributed by atoms with E-state index in [9.17, 15) is 24.1 Å². The fourth-order valence-electron chi connectivity index (χ4n) is 2.38. The van der Waals surface area contributed by atoms with Crippen molar-refractivity contribution < 1.29 is 18.9 Å². The molecule has 0 atom stereocenters. The Kier molecular flexibility index (Phi) is 5.75. The van der Waals surface area contributed by atoms with E-state index in [0.29, 0.717) is 10.4 Å². The molecule has 0 bridgehead atoms. The van der Waals surface area contributed by atoms with Gasteiger partial charge in [-0.05, 0) is 35.4 Å². The van der Waals surface area contributed by atoms with Crippen LogP contribution < -0.4 is 10.9 Å². The molecule has 3 aromatic rings. The first kappa shape index (κ1) is 19.2. The largest absolute Gasteiger partial charge is 0.279 e. The molecular weight excluding hydrogens is 385 g/mol. The summed E-state index contributed by atoms with van der Waals surface area (Å²) in [6, 6.07) is 14.9. The van der Waals surface area contributed by atoms with E-state index in [0.717, 1.165) is 10.4 Å². The van der Waals surface area contributed by atoms with Gasteiger partial charge >= 0.3 is 0 Å². The Morgan fingerprint density at radius 3 is 2.29 bits per heavy atom. The van der Waals surface area contributed by atoms with E-state index in [4.69, 9.17) is 0 Å². The number of nitrogens with one attached hydrogen (secondary N) is 2.